The molecule has 0 amide bonds. The molecule has 1 heteroatoms. The molecule has 0 unspecified atom stereocenters. The normalized spacial score (nSPS) is 12.0. The highest BCUT2D eigenvalue weighted by molar-refractivity contribution is 4.54. The van der Waals surface area contributed by atoms with Crippen molar-refractivity contribution in [2.75, 3.05) is 26.2 Å². The van der Waals surface area contributed by atoms with Crippen molar-refractivity contribution in [3.63, 3.8) is 0 Å². The van der Waals surface area contributed by atoms with Crippen molar-refractivity contribution < 1.29 is 4.48 Å². The Morgan fingerprint density at radius 1 is 0.222 bits per heavy atom. The summed E-state index contributed by atoms with van der Waals surface area (Å²) in [5.41, 5.74) is 0. The molecular weight excluding hydrogens is 434 g/mol. The Morgan fingerprint density at radius 3 is 0.611 bits per heavy atom. The lowest BCUT2D eigenvalue weighted by molar-refractivity contribution is -0.929. The van der Waals surface area contributed by atoms with Crippen molar-refractivity contribution in [2.24, 2.45) is 0 Å². The predicted molar refractivity (Wildman–Crippen MR) is 167 cm³/mol. The first-order chi connectivity index (χ1) is 17.7. The van der Waals surface area contributed by atoms with Gasteiger partial charge in [-0.3, -0.25) is 0 Å². The summed E-state index contributed by atoms with van der Waals surface area (Å²) in [6.07, 6.45) is 39.3. The predicted octanol–water partition coefficient (Wildman–Crippen LogP) is 12.4. The second-order valence-electron chi connectivity index (χ2n) is 12.4. The summed E-state index contributed by atoms with van der Waals surface area (Å²) < 4.78 is 1.47. The van der Waals surface area contributed by atoms with Gasteiger partial charge in [0.1, 0.15) is 0 Å². The summed E-state index contributed by atoms with van der Waals surface area (Å²) in [4.78, 5) is 0. The van der Waals surface area contributed by atoms with Crippen LogP contribution in [-0.4, -0.2) is 30.7 Å². The number of quaternary nitrogens is 1. The Kier molecular flexibility index (Phi) is 29.5. The van der Waals surface area contributed by atoms with E-state index in [1.54, 1.807) is 0 Å². The fourth-order valence-electron chi connectivity index (χ4n) is 6.11. The van der Waals surface area contributed by atoms with E-state index in [1.165, 1.54) is 204 Å². The third kappa shape index (κ3) is 24.3. The van der Waals surface area contributed by atoms with E-state index in [4.69, 9.17) is 0 Å². The molecule has 218 valence electrons. The molecule has 1 nitrogen and oxygen atoms in total. The van der Waals surface area contributed by atoms with Gasteiger partial charge in [-0.05, 0) is 51.4 Å². The van der Waals surface area contributed by atoms with Gasteiger partial charge in [0.25, 0.3) is 0 Å². The van der Waals surface area contributed by atoms with Crippen LogP contribution in [0.2, 0.25) is 0 Å². The van der Waals surface area contributed by atoms with E-state index in [0.717, 1.165) is 0 Å². The molecule has 0 bridgehead atoms. The van der Waals surface area contributed by atoms with Crippen LogP contribution in [0.5, 0.6) is 0 Å². The summed E-state index contributed by atoms with van der Waals surface area (Å²) >= 11 is 0. The Bertz CT molecular complexity index is 359. The lowest BCUT2D eigenvalue weighted by Crippen LogP contribution is -2.50. The minimum Gasteiger partial charge on any atom is -0.324 e. The number of nitrogens with zero attached hydrogens (tertiary/aromatic N) is 1. The Hall–Kier alpha value is -0.0400. The maximum Gasteiger partial charge on any atom is 0.0786 e. The van der Waals surface area contributed by atoms with E-state index in [0.29, 0.717) is 0 Å². The maximum absolute atomic E-state index is 2.35. The highest BCUT2D eigenvalue weighted by atomic mass is 15.3. The van der Waals surface area contributed by atoms with Crippen LogP contribution in [0.1, 0.15) is 201 Å². The zero-order valence-electron chi connectivity index (χ0n) is 26.4. The van der Waals surface area contributed by atoms with Crippen LogP contribution in [-0.2, 0) is 0 Å². The first-order valence-corrected chi connectivity index (χ1v) is 17.6. The van der Waals surface area contributed by atoms with Gasteiger partial charge in [0.2, 0.25) is 0 Å². The maximum atomic E-state index is 2.35. The molecular formula is C35H74N+. The van der Waals surface area contributed by atoms with Gasteiger partial charge >= 0.3 is 0 Å². The second-order valence-corrected chi connectivity index (χ2v) is 12.4. The lowest BCUT2D eigenvalue weighted by atomic mass is 10.0. The smallest absolute Gasteiger partial charge is 0.0786 e. The first kappa shape index (κ1) is 36.0. The van der Waals surface area contributed by atoms with Crippen molar-refractivity contribution in [1.82, 2.24) is 0 Å². The van der Waals surface area contributed by atoms with Gasteiger partial charge in [-0.2, -0.15) is 0 Å². The monoisotopic (exact) mass is 509 g/mol. The summed E-state index contributed by atoms with van der Waals surface area (Å²) in [5, 5.41) is 0. The molecule has 0 heterocycles. The Morgan fingerprint density at radius 2 is 0.389 bits per heavy atom. The molecule has 0 saturated heterocycles. The number of rotatable bonds is 31. The molecule has 36 heavy (non-hydrogen) atoms. The molecule has 0 rings (SSSR count). The van der Waals surface area contributed by atoms with E-state index < -0.39 is 0 Å². The molecule has 0 aliphatic carbocycles. The Balaban J connectivity index is 4.18. The molecule has 0 atom stereocenters. The average Bonchev–Trinajstić information content (AvgIpc) is 2.89. The number of hydrogen-bond acceptors (Lipinski definition) is 0. The standard InChI is InChI=1S/C35H74N/c1-5-9-13-17-18-19-20-21-22-23-24-25-26-27-31-35-36(32-28-14-10-6-2,33-29-15-11-7-3)34-30-16-12-8-4/h5-35H2,1-4H3/q+1. The summed E-state index contributed by atoms with van der Waals surface area (Å²) in [5.74, 6) is 0. The fourth-order valence-corrected chi connectivity index (χ4v) is 6.11. The minimum atomic E-state index is 1.37. The zero-order chi connectivity index (χ0) is 26.4. The molecule has 0 saturated carbocycles. The molecule has 0 aromatic rings. The van der Waals surface area contributed by atoms with E-state index in [9.17, 15) is 0 Å². The van der Waals surface area contributed by atoms with Gasteiger partial charge < -0.3 is 4.48 Å². The van der Waals surface area contributed by atoms with E-state index >= 15 is 0 Å². The first-order valence-electron chi connectivity index (χ1n) is 17.6. The van der Waals surface area contributed by atoms with Crippen LogP contribution < -0.4 is 0 Å². The van der Waals surface area contributed by atoms with Crippen molar-refractivity contribution in [3.8, 4) is 0 Å². The zero-order valence-corrected chi connectivity index (χ0v) is 26.4. The molecule has 0 fully saturated rings. The van der Waals surface area contributed by atoms with Gasteiger partial charge in [-0.15, -0.1) is 0 Å². The number of hydrogen-bond donors (Lipinski definition) is 0. The third-order valence-corrected chi connectivity index (χ3v) is 8.69. The van der Waals surface area contributed by atoms with Crippen molar-refractivity contribution in [3.05, 3.63) is 0 Å². The molecule has 0 N–H and O–H groups in total. The molecule has 0 aliphatic heterocycles. The van der Waals surface area contributed by atoms with Crippen molar-refractivity contribution in [1.29, 1.82) is 0 Å². The lowest BCUT2D eigenvalue weighted by Gasteiger charge is -2.39. The molecule has 0 aromatic heterocycles. The van der Waals surface area contributed by atoms with Gasteiger partial charge in [0.05, 0.1) is 26.2 Å². The van der Waals surface area contributed by atoms with Gasteiger partial charge in [-0.1, -0.05) is 150 Å². The largest absolute Gasteiger partial charge is 0.324 e. The average molecular weight is 509 g/mol. The summed E-state index contributed by atoms with van der Waals surface area (Å²) in [6.45, 7) is 15.3. The van der Waals surface area contributed by atoms with Crippen LogP contribution in [0.4, 0.5) is 0 Å². The van der Waals surface area contributed by atoms with Crippen LogP contribution >= 0.6 is 0 Å². The van der Waals surface area contributed by atoms with Crippen LogP contribution in [0.25, 0.3) is 0 Å². The van der Waals surface area contributed by atoms with Crippen LogP contribution in [0.3, 0.4) is 0 Å². The quantitative estimate of drug-likeness (QED) is 0.0645. The summed E-state index contributed by atoms with van der Waals surface area (Å²) in [7, 11) is 0. The van der Waals surface area contributed by atoms with Crippen molar-refractivity contribution >= 4 is 0 Å². The third-order valence-electron chi connectivity index (χ3n) is 8.69. The molecule has 0 radical (unpaired) electrons. The highest BCUT2D eigenvalue weighted by Gasteiger charge is 2.25. The van der Waals surface area contributed by atoms with Gasteiger partial charge in [0, 0.05) is 0 Å². The fraction of sp³-hybridized carbons (Fsp3) is 1.00. The minimum absolute atomic E-state index is 1.37. The van der Waals surface area contributed by atoms with E-state index in [-0.39, 0.29) is 0 Å². The Labute approximate surface area is 231 Å². The van der Waals surface area contributed by atoms with Crippen LogP contribution in [0.15, 0.2) is 0 Å². The van der Waals surface area contributed by atoms with Gasteiger partial charge in [0.15, 0.2) is 0 Å². The molecule has 0 aliphatic rings. The number of unbranched alkanes of at least 4 members (excludes halogenated alkanes) is 23. The van der Waals surface area contributed by atoms with E-state index in [2.05, 4.69) is 27.7 Å². The topological polar surface area (TPSA) is 0 Å². The van der Waals surface area contributed by atoms with Crippen LogP contribution in [0, 0.1) is 0 Å². The molecule has 0 spiro atoms. The SMILES string of the molecule is CCCCCCCCCCCCCCCCC[N+](CCCCCC)(CCCCCC)CCCCCC. The van der Waals surface area contributed by atoms with E-state index in [1.807, 2.05) is 0 Å². The molecule has 0 aromatic carbocycles. The summed E-state index contributed by atoms with van der Waals surface area (Å²) in [6, 6.07) is 0. The van der Waals surface area contributed by atoms with Gasteiger partial charge in [-0.25, -0.2) is 0 Å². The highest BCUT2D eigenvalue weighted by Crippen LogP contribution is 2.20. The van der Waals surface area contributed by atoms with Crippen molar-refractivity contribution in [2.45, 2.75) is 201 Å². The second kappa shape index (κ2) is 29.5.